The minimum Gasteiger partial charge on any atom is -0.317 e. The van der Waals surface area contributed by atoms with Gasteiger partial charge in [0, 0.05) is 5.54 Å². The lowest BCUT2D eigenvalue weighted by Crippen LogP contribution is -2.51. The van der Waals surface area contributed by atoms with E-state index in [2.05, 4.69) is 41.4 Å². The SMILES string of the molecule is Cc1cccc(C2(N3CCCC3)CCNCC2)c1. The summed E-state index contributed by atoms with van der Waals surface area (Å²) in [5, 5.41) is 3.52. The molecular formula is C16H24N2. The van der Waals surface area contributed by atoms with Crippen LogP contribution in [0.15, 0.2) is 24.3 Å². The van der Waals surface area contributed by atoms with Gasteiger partial charge in [0.25, 0.3) is 0 Å². The topological polar surface area (TPSA) is 15.3 Å². The van der Waals surface area contributed by atoms with E-state index in [1.165, 1.54) is 44.3 Å². The Morgan fingerprint density at radius 3 is 2.50 bits per heavy atom. The monoisotopic (exact) mass is 244 g/mol. The maximum Gasteiger partial charge on any atom is 0.0484 e. The van der Waals surface area contributed by atoms with Gasteiger partial charge in [-0.3, -0.25) is 4.90 Å². The second-order valence-corrected chi connectivity index (χ2v) is 5.85. The highest BCUT2D eigenvalue weighted by molar-refractivity contribution is 5.30. The Kier molecular flexibility index (Phi) is 3.40. The molecule has 2 aliphatic rings. The number of rotatable bonds is 2. The summed E-state index contributed by atoms with van der Waals surface area (Å²) in [6.07, 6.45) is 5.27. The van der Waals surface area contributed by atoms with Crippen molar-refractivity contribution in [2.45, 2.75) is 38.1 Å². The minimum absolute atomic E-state index is 0.313. The molecule has 0 bridgehead atoms. The fourth-order valence-corrected chi connectivity index (χ4v) is 3.71. The molecule has 18 heavy (non-hydrogen) atoms. The van der Waals surface area contributed by atoms with E-state index in [1.807, 2.05) is 0 Å². The van der Waals surface area contributed by atoms with Gasteiger partial charge < -0.3 is 5.32 Å². The highest BCUT2D eigenvalue weighted by Crippen LogP contribution is 2.39. The Balaban J connectivity index is 1.98. The zero-order valence-electron chi connectivity index (χ0n) is 11.4. The van der Waals surface area contributed by atoms with Gasteiger partial charge in [0.15, 0.2) is 0 Å². The number of benzene rings is 1. The molecule has 0 amide bonds. The Morgan fingerprint density at radius 2 is 1.83 bits per heavy atom. The highest BCUT2D eigenvalue weighted by Gasteiger charge is 2.40. The Hall–Kier alpha value is -0.860. The molecule has 1 aromatic rings. The zero-order valence-corrected chi connectivity index (χ0v) is 11.4. The van der Waals surface area contributed by atoms with Crippen LogP contribution in [0.5, 0.6) is 0 Å². The number of nitrogens with zero attached hydrogens (tertiary/aromatic N) is 1. The fraction of sp³-hybridized carbons (Fsp3) is 0.625. The third-order valence-electron chi connectivity index (χ3n) is 4.70. The van der Waals surface area contributed by atoms with E-state index in [4.69, 9.17) is 0 Å². The first-order valence-electron chi connectivity index (χ1n) is 7.34. The molecule has 0 atom stereocenters. The Morgan fingerprint density at radius 1 is 1.11 bits per heavy atom. The molecule has 2 nitrogen and oxygen atoms in total. The second kappa shape index (κ2) is 5.02. The molecule has 0 radical (unpaired) electrons. The molecule has 2 heteroatoms. The predicted octanol–water partition coefficient (Wildman–Crippen LogP) is 2.67. The van der Waals surface area contributed by atoms with E-state index in [1.54, 1.807) is 5.56 Å². The average molecular weight is 244 g/mol. The quantitative estimate of drug-likeness (QED) is 0.860. The Labute approximate surface area is 110 Å². The van der Waals surface area contributed by atoms with Gasteiger partial charge in [-0.25, -0.2) is 0 Å². The van der Waals surface area contributed by atoms with Crippen molar-refractivity contribution < 1.29 is 0 Å². The number of hydrogen-bond donors (Lipinski definition) is 1. The van der Waals surface area contributed by atoms with Gasteiger partial charge in [-0.1, -0.05) is 29.8 Å². The van der Waals surface area contributed by atoms with E-state index >= 15 is 0 Å². The largest absolute Gasteiger partial charge is 0.317 e. The van der Waals surface area contributed by atoms with Gasteiger partial charge in [-0.15, -0.1) is 0 Å². The third-order valence-corrected chi connectivity index (χ3v) is 4.70. The third kappa shape index (κ3) is 2.08. The van der Waals surface area contributed by atoms with E-state index < -0.39 is 0 Å². The molecule has 0 aliphatic carbocycles. The average Bonchev–Trinajstić information content (AvgIpc) is 2.94. The first kappa shape index (κ1) is 12.2. The number of piperidine rings is 1. The summed E-state index contributed by atoms with van der Waals surface area (Å²) in [6.45, 7) is 7.10. The van der Waals surface area contributed by atoms with Crippen LogP contribution in [0, 0.1) is 6.92 Å². The van der Waals surface area contributed by atoms with Crippen molar-refractivity contribution in [2.24, 2.45) is 0 Å². The van der Waals surface area contributed by atoms with Crippen LogP contribution >= 0.6 is 0 Å². The van der Waals surface area contributed by atoms with Crippen LogP contribution in [0.25, 0.3) is 0 Å². The second-order valence-electron chi connectivity index (χ2n) is 5.85. The van der Waals surface area contributed by atoms with Crippen LogP contribution < -0.4 is 5.32 Å². The molecule has 98 valence electrons. The van der Waals surface area contributed by atoms with Gasteiger partial charge in [-0.2, -0.15) is 0 Å². The number of likely N-dealkylation sites (tertiary alicyclic amines) is 1. The summed E-state index contributed by atoms with van der Waals surface area (Å²) in [7, 11) is 0. The normalized spacial score (nSPS) is 24.3. The van der Waals surface area contributed by atoms with Crippen molar-refractivity contribution in [3.8, 4) is 0 Å². The summed E-state index contributed by atoms with van der Waals surface area (Å²) in [4.78, 5) is 2.75. The van der Waals surface area contributed by atoms with Gasteiger partial charge in [0.1, 0.15) is 0 Å². The lowest BCUT2D eigenvalue weighted by molar-refractivity contribution is 0.0777. The molecule has 3 rings (SSSR count). The summed E-state index contributed by atoms with van der Waals surface area (Å²) >= 11 is 0. The van der Waals surface area contributed by atoms with Crippen molar-refractivity contribution in [1.29, 1.82) is 0 Å². The van der Waals surface area contributed by atoms with Crippen molar-refractivity contribution >= 4 is 0 Å². The molecule has 2 saturated heterocycles. The number of nitrogens with one attached hydrogen (secondary N) is 1. The first-order chi connectivity index (χ1) is 8.81. The van der Waals surface area contributed by atoms with E-state index in [-0.39, 0.29) is 0 Å². The van der Waals surface area contributed by atoms with Gasteiger partial charge in [0.05, 0.1) is 0 Å². The van der Waals surface area contributed by atoms with Crippen LogP contribution in [-0.4, -0.2) is 31.1 Å². The molecule has 2 fully saturated rings. The summed E-state index contributed by atoms with van der Waals surface area (Å²) < 4.78 is 0. The molecule has 0 spiro atoms. The van der Waals surface area contributed by atoms with Crippen LogP contribution in [0.2, 0.25) is 0 Å². The minimum atomic E-state index is 0.313. The van der Waals surface area contributed by atoms with Gasteiger partial charge in [0.2, 0.25) is 0 Å². The predicted molar refractivity (Wildman–Crippen MR) is 75.8 cm³/mol. The maximum atomic E-state index is 3.52. The summed E-state index contributed by atoms with van der Waals surface area (Å²) in [5.74, 6) is 0. The molecule has 2 heterocycles. The number of hydrogen-bond acceptors (Lipinski definition) is 2. The lowest BCUT2D eigenvalue weighted by atomic mass is 9.79. The van der Waals surface area contributed by atoms with Crippen LogP contribution in [0.1, 0.15) is 36.8 Å². The summed E-state index contributed by atoms with van der Waals surface area (Å²) in [6, 6.07) is 9.19. The standard InChI is InChI=1S/C16H24N2/c1-14-5-4-6-15(13-14)16(7-9-17-10-8-16)18-11-2-3-12-18/h4-6,13,17H,2-3,7-12H2,1H3. The van der Waals surface area contributed by atoms with Gasteiger partial charge >= 0.3 is 0 Å². The Bertz CT molecular complexity index is 401. The van der Waals surface area contributed by atoms with Crippen molar-refractivity contribution in [2.75, 3.05) is 26.2 Å². The van der Waals surface area contributed by atoms with Crippen LogP contribution in [0.4, 0.5) is 0 Å². The molecule has 1 aromatic carbocycles. The molecule has 1 N–H and O–H groups in total. The molecule has 2 aliphatic heterocycles. The van der Waals surface area contributed by atoms with Crippen LogP contribution in [-0.2, 0) is 5.54 Å². The highest BCUT2D eigenvalue weighted by atomic mass is 15.2. The van der Waals surface area contributed by atoms with Crippen LogP contribution in [0.3, 0.4) is 0 Å². The molecular weight excluding hydrogens is 220 g/mol. The van der Waals surface area contributed by atoms with Crippen molar-refractivity contribution in [3.63, 3.8) is 0 Å². The van der Waals surface area contributed by atoms with Crippen molar-refractivity contribution in [1.82, 2.24) is 10.2 Å². The fourth-order valence-electron chi connectivity index (χ4n) is 3.71. The van der Waals surface area contributed by atoms with E-state index in [9.17, 15) is 0 Å². The molecule has 0 aromatic heterocycles. The van der Waals surface area contributed by atoms with E-state index in [0.717, 1.165) is 13.1 Å². The zero-order chi connectivity index (χ0) is 12.4. The molecule has 0 saturated carbocycles. The molecule has 0 unspecified atom stereocenters. The first-order valence-corrected chi connectivity index (χ1v) is 7.34. The van der Waals surface area contributed by atoms with Crippen molar-refractivity contribution in [3.05, 3.63) is 35.4 Å². The lowest BCUT2D eigenvalue weighted by Gasteiger charge is -2.45. The maximum absolute atomic E-state index is 3.52. The smallest absolute Gasteiger partial charge is 0.0484 e. The summed E-state index contributed by atoms with van der Waals surface area (Å²) in [5.41, 5.74) is 3.25. The van der Waals surface area contributed by atoms with E-state index in [0.29, 0.717) is 5.54 Å². The van der Waals surface area contributed by atoms with Gasteiger partial charge in [-0.05, 0) is 64.3 Å². The number of aryl methyl sites for hydroxylation is 1.